The number of carbonyl (C=O) groups excluding carboxylic acids is 1. The van der Waals surface area contributed by atoms with Crippen LogP contribution in [0, 0.1) is 0 Å². The van der Waals surface area contributed by atoms with Crippen LogP contribution >= 0.6 is 11.3 Å². The zero-order chi connectivity index (χ0) is 18.5. The third-order valence-electron chi connectivity index (χ3n) is 5.14. The normalized spacial score (nSPS) is 22.0. The van der Waals surface area contributed by atoms with E-state index in [1.807, 2.05) is 6.20 Å². The molecule has 0 bridgehead atoms. The molecule has 10 heteroatoms. The molecular formula is C17H25N7O2S. The summed E-state index contributed by atoms with van der Waals surface area (Å²) in [7, 11) is 0. The van der Waals surface area contributed by atoms with Crippen LogP contribution < -0.4 is 5.32 Å². The van der Waals surface area contributed by atoms with Gasteiger partial charge in [-0.3, -0.25) is 25.0 Å². The van der Waals surface area contributed by atoms with Gasteiger partial charge in [0.25, 0.3) is 0 Å². The number of rotatable bonds is 6. The van der Waals surface area contributed by atoms with Crippen molar-refractivity contribution in [2.75, 3.05) is 51.3 Å². The first-order chi connectivity index (χ1) is 13.3. The van der Waals surface area contributed by atoms with Gasteiger partial charge in [-0.15, -0.1) is 10.2 Å². The predicted octanol–water partition coefficient (Wildman–Crippen LogP) is 0.911. The number of aromatic nitrogens is 4. The minimum atomic E-state index is -0.0365. The lowest BCUT2D eigenvalue weighted by Crippen LogP contribution is -2.40. The summed E-state index contributed by atoms with van der Waals surface area (Å²) in [4.78, 5) is 16.9. The number of morpholine rings is 1. The first-order valence-electron chi connectivity index (χ1n) is 9.38. The summed E-state index contributed by atoms with van der Waals surface area (Å²) in [5.74, 6) is 0.345. The zero-order valence-electron chi connectivity index (χ0n) is 15.3. The molecule has 27 heavy (non-hydrogen) atoms. The number of nitrogens with zero attached hydrogens (tertiary/aromatic N) is 5. The van der Waals surface area contributed by atoms with Crippen molar-refractivity contribution in [1.29, 1.82) is 0 Å². The van der Waals surface area contributed by atoms with Crippen LogP contribution in [-0.2, 0) is 16.1 Å². The second-order valence-corrected chi connectivity index (χ2v) is 7.90. The van der Waals surface area contributed by atoms with Crippen LogP contribution in [-0.4, -0.2) is 82.0 Å². The average Bonchev–Trinajstić information content (AvgIpc) is 3.35. The number of hydrogen-bond acceptors (Lipinski definition) is 8. The molecule has 0 saturated carbocycles. The maximum absolute atomic E-state index is 12.2. The van der Waals surface area contributed by atoms with Crippen molar-refractivity contribution in [1.82, 2.24) is 30.2 Å². The quantitative estimate of drug-likeness (QED) is 0.755. The van der Waals surface area contributed by atoms with Crippen LogP contribution in [0.5, 0.6) is 0 Å². The largest absolute Gasteiger partial charge is 0.379 e. The van der Waals surface area contributed by atoms with Crippen molar-refractivity contribution in [3.8, 4) is 0 Å². The van der Waals surface area contributed by atoms with E-state index in [0.717, 1.165) is 58.8 Å². The van der Waals surface area contributed by atoms with Gasteiger partial charge in [0.15, 0.2) is 0 Å². The lowest BCUT2D eigenvalue weighted by molar-refractivity contribution is -0.117. The first kappa shape index (κ1) is 18.5. The van der Waals surface area contributed by atoms with Crippen molar-refractivity contribution < 1.29 is 9.53 Å². The highest BCUT2D eigenvalue weighted by Gasteiger charge is 2.26. The Morgan fingerprint density at radius 3 is 3.04 bits per heavy atom. The molecule has 4 rings (SSSR count). The highest BCUT2D eigenvalue weighted by molar-refractivity contribution is 7.13. The van der Waals surface area contributed by atoms with Gasteiger partial charge < -0.3 is 4.74 Å². The van der Waals surface area contributed by atoms with E-state index in [1.54, 1.807) is 5.51 Å². The topological polar surface area (TPSA) is 99.3 Å². The average molecular weight is 392 g/mol. The minimum Gasteiger partial charge on any atom is -0.379 e. The molecule has 2 saturated heterocycles. The van der Waals surface area contributed by atoms with E-state index in [2.05, 4.69) is 35.5 Å². The molecule has 2 aliphatic heterocycles. The molecule has 2 fully saturated rings. The van der Waals surface area contributed by atoms with E-state index in [4.69, 9.17) is 4.74 Å². The van der Waals surface area contributed by atoms with E-state index >= 15 is 0 Å². The summed E-state index contributed by atoms with van der Waals surface area (Å²) in [6.45, 7) is 6.61. The molecule has 2 aromatic rings. The Labute approximate surface area is 162 Å². The van der Waals surface area contributed by atoms with Crippen LogP contribution in [0.1, 0.15) is 30.0 Å². The number of aromatic amines is 1. The summed E-state index contributed by atoms with van der Waals surface area (Å²) in [5, 5.41) is 18.5. The van der Waals surface area contributed by atoms with Crippen LogP contribution in [0.3, 0.4) is 0 Å². The summed E-state index contributed by atoms with van der Waals surface area (Å²) < 4.78 is 5.44. The Kier molecular flexibility index (Phi) is 6.07. The standard InChI is InChI=1S/C17H25N7O2S/c25-15(20-17-22-19-12-27-17)11-24-3-1-2-13(9-24)16-14(8-18-21-16)10-23-4-6-26-7-5-23/h8,12-13H,1-7,9-11H2,(H,18,21)(H,20,22,25)/t13-/m0/s1. The maximum Gasteiger partial charge on any atom is 0.240 e. The fourth-order valence-electron chi connectivity index (χ4n) is 3.82. The fraction of sp³-hybridized carbons (Fsp3) is 0.647. The lowest BCUT2D eigenvalue weighted by atomic mass is 9.92. The molecular weight excluding hydrogens is 366 g/mol. The molecule has 2 aliphatic rings. The van der Waals surface area contributed by atoms with Gasteiger partial charge in [-0.25, -0.2) is 0 Å². The smallest absolute Gasteiger partial charge is 0.240 e. The van der Waals surface area contributed by atoms with Crippen LogP contribution in [0.2, 0.25) is 0 Å². The molecule has 0 spiro atoms. The number of nitrogens with one attached hydrogen (secondary N) is 2. The van der Waals surface area contributed by atoms with Crippen molar-refractivity contribution >= 4 is 22.4 Å². The number of amides is 1. The van der Waals surface area contributed by atoms with Gasteiger partial charge in [0.05, 0.1) is 26.0 Å². The van der Waals surface area contributed by atoms with Gasteiger partial charge in [0, 0.05) is 43.4 Å². The van der Waals surface area contributed by atoms with Crippen LogP contribution in [0.4, 0.5) is 5.13 Å². The minimum absolute atomic E-state index is 0.0365. The number of ether oxygens (including phenoxy) is 1. The number of hydrogen-bond donors (Lipinski definition) is 2. The zero-order valence-corrected chi connectivity index (χ0v) is 16.1. The van der Waals surface area contributed by atoms with Crippen molar-refractivity contribution in [2.24, 2.45) is 0 Å². The molecule has 0 aliphatic carbocycles. The molecule has 0 radical (unpaired) electrons. The second kappa shape index (κ2) is 8.87. The highest BCUT2D eigenvalue weighted by Crippen LogP contribution is 2.28. The molecule has 9 nitrogen and oxygen atoms in total. The van der Waals surface area contributed by atoms with Gasteiger partial charge in [-0.1, -0.05) is 11.3 Å². The second-order valence-electron chi connectivity index (χ2n) is 7.06. The van der Waals surface area contributed by atoms with E-state index in [1.165, 1.54) is 22.6 Å². The molecule has 146 valence electrons. The number of anilines is 1. The summed E-state index contributed by atoms with van der Waals surface area (Å²) >= 11 is 1.33. The van der Waals surface area contributed by atoms with Gasteiger partial charge in [0.1, 0.15) is 5.51 Å². The van der Waals surface area contributed by atoms with Gasteiger partial charge in [-0.05, 0) is 19.4 Å². The molecule has 4 heterocycles. The van der Waals surface area contributed by atoms with Crippen molar-refractivity contribution in [2.45, 2.75) is 25.3 Å². The summed E-state index contributed by atoms with van der Waals surface area (Å²) in [5.41, 5.74) is 4.10. The molecule has 2 aromatic heterocycles. The molecule has 2 N–H and O–H groups in total. The maximum atomic E-state index is 12.2. The predicted molar refractivity (Wildman–Crippen MR) is 102 cm³/mol. The van der Waals surface area contributed by atoms with Crippen LogP contribution in [0.15, 0.2) is 11.7 Å². The van der Waals surface area contributed by atoms with Gasteiger partial charge >= 0.3 is 0 Å². The van der Waals surface area contributed by atoms with E-state index in [9.17, 15) is 4.79 Å². The molecule has 1 atom stereocenters. The third-order valence-corrected chi connectivity index (χ3v) is 5.74. The summed E-state index contributed by atoms with van der Waals surface area (Å²) in [6, 6.07) is 0. The Hall–Kier alpha value is -1.88. The SMILES string of the molecule is O=C(CN1CCC[C@H](c2[nH]ncc2CN2CCOCC2)C1)Nc1nncs1. The Bertz CT molecular complexity index is 729. The number of likely N-dealkylation sites (tertiary alicyclic amines) is 1. The number of carbonyl (C=O) groups is 1. The van der Waals surface area contributed by atoms with Crippen molar-refractivity contribution in [3.63, 3.8) is 0 Å². The highest BCUT2D eigenvalue weighted by atomic mass is 32.1. The van der Waals surface area contributed by atoms with Crippen molar-refractivity contribution in [3.05, 3.63) is 23.0 Å². The molecule has 1 amide bonds. The monoisotopic (exact) mass is 391 g/mol. The van der Waals surface area contributed by atoms with E-state index in [0.29, 0.717) is 17.6 Å². The van der Waals surface area contributed by atoms with E-state index < -0.39 is 0 Å². The Balaban J connectivity index is 1.34. The first-order valence-corrected chi connectivity index (χ1v) is 10.3. The lowest BCUT2D eigenvalue weighted by Gasteiger charge is -2.32. The Morgan fingerprint density at radius 2 is 2.22 bits per heavy atom. The Morgan fingerprint density at radius 1 is 1.33 bits per heavy atom. The third kappa shape index (κ3) is 4.89. The van der Waals surface area contributed by atoms with Gasteiger partial charge in [0.2, 0.25) is 11.0 Å². The fourth-order valence-corrected chi connectivity index (χ4v) is 4.29. The number of H-pyrrole nitrogens is 1. The molecule has 0 aromatic carbocycles. The van der Waals surface area contributed by atoms with Crippen LogP contribution in [0.25, 0.3) is 0 Å². The number of piperidine rings is 1. The van der Waals surface area contributed by atoms with Gasteiger partial charge in [-0.2, -0.15) is 5.10 Å². The summed E-state index contributed by atoms with van der Waals surface area (Å²) in [6.07, 6.45) is 4.14. The molecule has 0 unspecified atom stereocenters. The van der Waals surface area contributed by atoms with E-state index in [-0.39, 0.29) is 5.91 Å².